The molecule has 0 fully saturated rings. The van der Waals surface area contributed by atoms with Crippen molar-refractivity contribution < 1.29 is 14.6 Å². The van der Waals surface area contributed by atoms with Crippen molar-refractivity contribution in [2.75, 3.05) is 18.5 Å². The number of hydrogen-bond donors (Lipinski definition) is 2. The summed E-state index contributed by atoms with van der Waals surface area (Å²) in [5, 5.41) is 22.1. The smallest absolute Gasteiger partial charge is 0.276 e. The van der Waals surface area contributed by atoms with Gasteiger partial charge in [-0.05, 0) is 35.8 Å². The molecule has 194 valence electrons. The van der Waals surface area contributed by atoms with Crippen LogP contribution in [0.5, 0.6) is 0 Å². The van der Waals surface area contributed by atoms with Crippen molar-refractivity contribution >= 4 is 19.7 Å². The summed E-state index contributed by atoms with van der Waals surface area (Å²) in [6.07, 6.45) is 4.83. The zero-order valence-corrected chi connectivity index (χ0v) is 23.1. The van der Waals surface area contributed by atoms with E-state index in [0.29, 0.717) is 37.7 Å². The van der Waals surface area contributed by atoms with Crippen molar-refractivity contribution in [3.05, 3.63) is 65.2 Å². The maximum absolute atomic E-state index is 13.4. The molecule has 1 atom stereocenters. The fraction of sp³-hybridized carbons (Fsp3) is 0.519. The molecule has 0 spiro atoms. The van der Waals surface area contributed by atoms with E-state index < -0.39 is 8.07 Å². The van der Waals surface area contributed by atoms with Crippen LogP contribution in [-0.2, 0) is 30.9 Å². The van der Waals surface area contributed by atoms with Crippen molar-refractivity contribution in [2.24, 2.45) is 11.3 Å². The Bertz CT molecular complexity index is 1180. The number of nitrogens with one attached hydrogen (secondary N) is 1. The third kappa shape index (κ3) is 6.32. The topological polar surface area (TPSA) is 94.2 Å². The average molecular weight is 510 g/mol. The summed E-state index contributed by atoms with van der Waals surface area (Å²) >= 11 is 0. The van der Waals surface area contributed by atoms with Gasteiger partial charge in [-0.1, -0.05) is 63.8 Å². The highest BCUT2D eigenvalue weighted by Crippen LogP contribution is 2.40. The van der Waals surface area contributed by atoms with Gasteiger partial charge in [-0.2, -0.15) is 10.2 Å². The lowest BCUT2D eigenvalue weighted by Gasteiger charge is -2.37. The van der Waals surface area contributed by atoms with Gasteiger partial charge < -0.3 is 15.2 Å². The summed E-state index contributed by atoms with van der Waals surface area (Å²) in [5.74, 6) is -0.196. The van der Waals surface area contributed by atoms with Gasteiger partial charge in [-0.3, -0.25) is 9.48 Å². The van der Waals surface area contributed by atoms with Crippen LogP contribution in [0.4, 0.5) is 5.69 Å². The van der Waals surface area contributed by atoms with Crippen molar-refractivity contribution in [2.45, 2.75) is 65.6 Å². The van der Waals surface area contributed by atoms with Crippen LogP contribution in [0.2, 0.25) is 25.7 Å². The highest BCUT2D eigenvalue weighted by Gasteiger charge is 2.39. The Morgan fingerprint density at radius 1 is 1.25 bits per heavy atom. The molecule has 1 aromatic carbocycles. The number of carbonyl (C=O) groups is 1. The van der Waals surface area contributed by atoms with Crippen LogP contribution >= 0.6 is 0 Å². The SMILES string of the molecule is CC1(C)Cc2c(c(C(=O)Nc3cnn(Cc4ccccc4)c3)nn2COCC[Si](C)(C)C)CC1CO. The molecular weight excluding hydrogens is 470 g/mol. The van der Waals surface area contributed by atoms with Crippen LogP contribution in [0.3, 0.4) is 0 Å². The van der Waals surface area contributed by atoms with Gasteiger partial charge in [-0.25, -0.2) is 4.68 Å². The minimum Gasteiger partial charge on any atom is -0.396 e. The van der Waals surface area contributed by atoms with Crippen LogP contribution in [-0.4, -0.2) is 51.9 Å². The molecule has 0 radical (unpaired) electrons. The van der Waals surface area contributed by atoms with E-state index in [-0.39, 0.29) is 23.8 Å². The molecule has 4 rings (SSSR count). The first kappa shape index (κ1) is 26.3. The molecule has 1 aliphatic rings. The highest BCUT2D eigenvalue weighted by molar-refractivity contribution is 6.76. The van der Waals surface area contributed by atoms with Crippen molar-refractivity contribution in [1.29, 1.82) is 0 Å². The Morgan fingerprint density at radius 2 is 2.00 bits per heavy atom. The van der Waals surface area contributed by atoms with E-state index in [1.54, 1.807) is 10.9 Å². The van der Waals surface area contributed by atoms with Crippen molar-refractivity contribution in [3.8, 4) is 0 Å². The molecule has 36 heavy (non-hydrogen) atoms. The summed E-state index contributed by atoms with van der Waals surface area (Å²) in [5.41, 5.74) is 4.02. The molecular formula is C27H39N5O3Si. The van der Waals surface area contributed by atoms with Crippen LogP contribution in [0.1, 0.15) is 41.2 Å². The molecule has 1 aliphatic carbocycles. The first-order valence-electron chi connectivity index (χ1n) is 12.7. The number of aliphatic hydroxyl groups excluding tert-OH is 1. The number of amides is 1. The van der Waals surface area contributed by atoms with E-state index in [1.807, 2.05) is 41.2 Å². The van der Waals surface area contributed by atoms with Gasteiger partial charge in [0, 0.05) is 38.7 Å². The number of ether oxygens (including phenoxy) is 1. The summed E-state index contributed by atoms with van der Waals surface area (Å²) in [6.45, 7) is 13.0. The lowest BCUT2D eigenvalue weighted by Crippen LogP contribution is -2.36. The molecule has 0 saturated heterocycles. The number of aromatic nitrogens is 4. The molecule has 9 heteroatoms. The fourth-order valence-corrected chi connectivity index (χ4v) is 5.41. The number of nitrogens with zero attached hydrogens (tertiary/aromatic N) is 4. The fourth-order valence-electron chi connectivity index (χ4n) is 4.65. The molecule has 0 saturated carbocycles. The number of fused-ring (bicyclic) bond motifs is 1. The third-order valence-corrected chi connectivity index (χ3v) is 8.77. The molecule has 8 nitrogen and oxygen atoms in total. The standard InChI is InChI=1S/C27H39N5O3Si/c1-27(2)14-24-23(13-21(27)18-33)25(30-32(24)19-35-11-12-36(3,4)5)26(34)29-22-15-28-31(17-22)16-20-9-7-6-8-10-20/h6-10,15,17,21,33H,11-14,16,18-19H2,1-5H3,(H,29,34). The normalized spacial score (nSPS) is 17.1. The number of hydrogen-bond acceptors (Lipinski definition) is 5. The Balaban J connectivity index is 1.52. The van der Waals surface area contributed by atoms with E-state index in [4.69, 9.17) is 9.84 Å². The molecule has 2 N–H and O–H groups in total. The zero-order valence-electron chi connectivity index (χ0n) is 22.1. The first-order valence-corrected chi connectivity index (χ1v) is 16.4. The predicted octanol–water partition coefficient (Wildman–Crippen LogP) is 4.43. The molecule has 1 amide bonds. The van der Waals surface area contributed by atoms with E-state index in [0.717, 1.165) is 29.3 Å². The zero-order chi connectivity index (χ0) is 25.9. The number of benzene rings is 1. The summed E-state index contributed by atoms with van der Waals surface area (Å²) in [7, 11) is -1.19. The summed E-state index contributed by atoms with van der Waals surface area (Å²) in [6, 6.07) is 11.1. The van der Waals surface area contributed by atoms with Gasteiger partial charge in [0.15, 0.2) is 5.69 Å². The maximum atomic E-state index is 13.4. The van der Waals surface area contributed by atoms with Crippen molar-refractivity contribution in [3.63, 3.8) is 0 Å². The first-order chi connectivity index (χ1) is 17.1. The van der Waals surface area contributed by atoms with Gasteiger partial charge >= 0.3 is 0 Å². The number of aliphatic hydroxyl groups is 1. The van der Waals surface area contributed by atoms with E-state index in [2.05, 4.69) is 43.9 Å². The van der Waals surface area contributed by atoms with Gasteiger partial charge in [0.1, 0.15) is 6.73 Å². The summed E-state index contributed by atoms with van der Waals surface area (Å²) < 4.78 is 9.65. The lowest BCUT2D eigenvalue weighted by molar-refractivity contribution is 0.0683. The Morgan fingerprint density at radius 3 is 2.69 bits per heavy atom. The molecule has 3 aromatic rings. The molecule has 0 aliphatic heterocycles. The minimum atomic E-state index is -1.19. The van der Waals surface area contributed by atoms with Crippen LogP contribution in [0.15, 0.2) is 42.7 Å². The number of carbonyl (C=O) groups excluding carboxylic acids is 1. The molecule has 2 aromatic heterocycles. The second-order valence-electron chi connectivity index (χ2n) is 11.7. The second kappa shape index (κ2) is 10.7. The quantitative estimate of drug-likeness (QED) is 0.312. The van der Waals surface area contributed by atoms with Crippen LogP contribution in [0, 0.1) is 11.3 Å². The van der Waals surface area contributed by atoms with Crippen LogP contribution in [0.25, 0.3) is 0 Å². The summed E-state index contributed by atoms with van der Waals surface area (Å²) in [4.78, 5) is 13.4. The third-order valence-electron chi connectivity index (χ3n) is 7.07. The molecule has 2 heterocycles. The number of rotatable bonds is 10. The highest BCUT2D eigenvalue weighted by atomic mass is 28.3. The maximum Gasteiger partial charge on any atom is 0.276 e. The van der Waals surface area contributed by atoms with E-state index >= 15 is 0 Å². The van der Waals surface area contributed by atoms with Crippen LogP contribution < -0.4 is 5.32 Å². The van der Waals surface area contributed by atoms with E-state index in [1.165, 1.54) is 0 Å². The van der Waals surface area contributed by atoms with Crippen molar-refractivity contribution in [1.82, 2.24) is 19.6 Å². The van der Waals surface area contributed by atoms with Gasteiger partial charge in [-0.15, -0.1) is 0 Å². The Hall–Kier alpha value is -2.75. The minimum absolute atomic E-state index is 0.0654. The van der Waals surface area contributed by atoms with E-state index in [9.17, 15) is 9.90 Å². The monoisotopic (exact) mass is 509 g/mol. The largest absolute Gasteiger partial charge is 0.396 e. The number of anilines is 1. The molecule has 1 unspecified atom stereocenters. The Kier molecular flexibility index (Phi) is 7.82. The van der Waals surface area contributed by atoms with Gasteiger partial charge in [0.25, 0.3) is 5.91 Å². The van der Waals surface area contributed by atoms with Gasteiger partial charge in [0.2, 0.25) is 0 Å². The Labute approximate surface area is 214 Å². The predicted molar refractivity (Wildman–Crippen MR) is 144 cm³/mol. The van der Waals surface area contributed by atoms with Gasteiger partial charge in [0.05, 0.1) is 18.4 Å². The lowest BCUT2D eigenvalue weighted by atomic mass is 9.68. The molecule has 0 bridgehead atoms. The second-order valence-corrected chi connectivity index (χ2v) is 17.4. The average Bonchev–Trinajstić information content (AvgIpc) is 3.39.